The van der Waals surface area contributed by atoms with Crippen molar-refractivity contribution in [2.75, 3.05) is 34.2 Å². The highest BCUT2D eigenvalue weighted by Gasteiger charge is 2.06. The molecule has 0 spiro atoms. The molecule has 0 unspecified atom stereocenters. The molecular weight excluding hydrogens is 384 g/mol. The lowest BCUT2D eigenvalue weighted by Gasteiger charge is -2.23. The van der Waals surface area contributed by atoms with E-state index in [-0.39, 0.29) is 24.4 Å². The van der Waals surface area contributed by atoms with Gasteiger partial charge in [0.1, 0.15) is 0 Å². The number of amides is 1. The minimum Gasteiger partial charge on any atom is -1.00 e. The predicted molar refractivity (Wildman–Crippen MR) is 121 cm³/mol. The first-order valence-corrected chi connectivity index (χ1v) is 11.8. The molecule has 0 rings (SSSR count). The second-order valence-corrected chi connectivity index (χ2v) is 9.23. The van der Waals surface area contributed by atoms with Crippen LogP contribution in [0, 0.1) is 0 Å². The van der Waals surface area contributed by atoms with Crippen molar-refractivity contribution in [2.24, 2.45) is 0 Å². The van der Waals surface area contributed by atoms with Crippen LogP contribution in [0.5, 0.6) is 0 Å². The van der Waals surface area contributed by atoms with E-state index in [1.165, 1.54) is 38.5 Å². The van der Waals surface area contributed by atoms with Gasteiger partial charge in [-0.2, -0.15) is 0 Å². The van der Waals surface area contributed by atoms with E-state index in [1.807, 2.05) is 0 Å². The number of aliphatic hydroxyl groups is 1. The molecule has 0 bridgehead atoms. The van der Waals surface area contributed by atoms with Gasteiger partial charge in [0.15, 0.2) is 0 Å². The fourth-order valence-electron chi connectivity index (χ4n) is 3.24. The maximum absolute atomic E-state index is 11.8. The average molecular weight is 433 g/mol. The topological polar surface area (TPSA) is 49.3 Å². The highest BCUT2D eigenvalue weighted by atomic mass is 35.5. The molecule has 0 radical (unpaired) electrons. The Labute approximate surface area is 187 Å². The van der Waals surface area contributed by atoms with Gasteiger partial charge in [0.2, 0.25) is 5.91 Å². The Morgan fingerprint density at radius 2 is 1.59 bits per heavy atom. The molecule has 2 N–H and O–H groups in total. The molecule has 0 aliphatic carbocycles. The molecule has 1 amide bonds. The number of hydrogen-bond donors (Lipinski definition) is 2. The molecular formula is C24H49ClN2O2. The highest BCUT2D eigenvalue weighted by Crippen LogP contribution is 2.10. The van der Waals surface area contributed by atoms with Crippen LogP contribution in [-0.4, -0.2) is 55.8 Å². The summed E-state index contributed by atoms with van der Waals surface area (Å²) in [5.74, 6) is 0.206. The fraction of sp³-hybridized carbons (Fsp3) is 0.875. The molecule has 0 aliphatic rings. The summed E-state index contributed by atoms with van der Waals surface area (Å²) in [7, 11) is 6.53. The van der Waals surface area contributed by atoms with Crippen LogP contribution in [0.2, 0.25) is 0 Å². The van der Waals surface area contributed by atoms with Gasteiger partial charge in [-0.15, -0.1) is 0 Å². The number of carbonyl (C=O) groups is 1. The van der Waals surface area contributed by atoms with E-state index in [9.17, 15) is 9.90 Å². The average Bonchev–Trinajstić information content (AvgIpc) is 2.63. The van der Waals surface area contributed by atoms with Gasteiger partial charge >= 0.3 is 0 Å². The summed E-state index contributed by atoms with van der Waals surface area (Å²) in [4.78, 5) is 11.8. The van der Waals surface area contributed by atoms with Crippen LogP contribution in [0.15, 0.2) is 12.2 Å². The molecule has 0 saturated heterocycles. The van der Waals surface area contributed by atoms with Gasteiger partial charge in [0.05, 0.1) is 33.8 Å². The number of allylic oxidation sites excluding steroid dienone is 1. The minimum absolute atomic E-state index is 0. The Bertz CT molecular complexity index is 395. The number of rotatable bonds is 19. The molecule has 0 heterocycles. The van der Waals surface area contributed by atoms with Gasteiger partial charge in [-0.1, -0.05) is 64.0 Å². The smallest absolute Gasteiger partial charge is 0.219 e. The number of quaternary nitrogens is 1. The Morgan fingerprint density at radius 3 is 2.28 bits per heavy atom. The van der Waals surface area contributed by atoms with Gasteiger partial charge in [0, 0.05) is 19.4 Å². The number of nitrogens with one attached hydrogen (secondary N) is 1. The summed E-state index contributed by atoms with van der Waals surface area (Å²) in [5.41, 5.74) is 0. The summed E-state index contributed by atoms with van der Waals surface area (Å²) >= 11 is 0. The van der Waals surface area contributed by atoms with Crippen LogP contribution in [0.1, 0.15) is 96.8 Å². The van der Waals surface area contributed by atoms with Gasteiger partial charge in [-0.3, -0.25) is 4.79 Å². The Kier molecular flexibility index (Phi) is 21.8. The molecule has 0 saturated carbocycles. The molecule has 4 nitrogen and oxygen atoms in total. The van der Waals surface area contributed by atoms with Crippen molar-refractivity contribution in [1.82, 2.24) is 5.32 Å². The molecule has 5 heteroatoms. The maximum Gasteiger partial charge on any atom is 0.219 e. The quantitative estimate of drug-likeness (QED) is 0.187. The number of hydrogen-bond acceptors (Lipinski definition) is 2. The van der Waals surface area contributed by atoms with Crippen LogP contribution < -0.4 is 17.7 Å². The van der Waals surface area contributed by atoms with Gasteiger partial charge < -0.3 is 27.3 Å². The van der Waals surface area contributed by atoms with Crippen molar-refractivity contribution in [3.63, 3.8) is 0 Å². The van der Waals surface area contributed by atoms with E-state index in [4.69, 9.17) is 0 Å². The molecule has 0 aromatic heterocycles. The van der Waals surface area contributed by atoms with E-state index in [2.05, 4.69) is 45.5 Å². The zero-order chi connectivity index (χ0) is 21.1. The lowest BCUT2D eigenvalue weighted by Crippen LogP contribution is -3.00. The van der Waals surface area contributed by atoms with Crippen LogP contribution in [0.3, 0.4) is 0 Å². The van der Waals surface area contributed by atoms with E-state index < -0.39 is 0 Å². The number of aliphatic hydroxyl groups excluding tert-OH is 1. The SMILES string of the molecule is CCCCCC[C@@H](O)C/C=C\CCCCCCCC(=O)NCCC[N+](C)(C)C.[Cl-]. The first-order chi connectivity index (χ1) is 13.3. The normalized spacial score (nSPS) is 12.7. The first-order valence-electron chi connectivity index (χ1n) is 11.8. The molecule has 174 valence electrons. The van der Waals surface area contributed by atoms with Crippen LogP contribution in [0.4, 0.5) is 0 Å². The van der Waals surface area contributed by atoms with E-state index in [1.54, 1.807) is 0 Å². The van der Waals surface area contributed by atoms with Crippen LogP contribution in [-0.2, 0) is 4.79 Å². The summed E-state index contributed by atoms with van der Waals surface area (Å²) in [6, 6.07) is 0. The van der Waals surface area contributed by atoms with Crippen LogP contribution >= 0.6 is 0 Å². The lowest BCUT2D eigenvalue weighted by molar-refractivity contribution is -0.870. The second kappa shape index (κ2) is 20.7. The molecule has 1 atom stereocenters. The van der Waals surface area contributed by atoms with Crippen molar-refractivity contribution >= 4 is 5.91 Å². The van der Waals surface area contributed by atoms with E-state index in [0.717, 1.165) is 62.5 Å². The third-order valence-corrected chi connectivity index (χ3v) is 5.07. The number of carbonyl (C=O) groups excluding carboxylic acids is 1. The largest absolute Gasteiger partial charge is 1.00 e. The van der Waals surface area contributed by atoms with Crippen molar-refractivity contribution in [1.29, 1.82) is 0 Å². The van der Waals surface area contributed by atoms with Crippen molar-refractivity contribution in [3.05, 3.63) is 12.2 Å². The minimum atomic E-state index is -0.160. The number of nitrogens with zero attached hydrogens (tertiary/aromatic N) is 1. The molecule has 29 heavy (non-hydrogen) atoms. The monoisotopic (exact) mass is 432 g/mol. The third kappa shape index (κ3) is 25.4. The molecule has 0 aromatic carbocycles. The Hall–Kier alpha value is -0.580. The summed E-state index contributed by atoms with van der Waals surface area (Å²) in [6.07, 6.45) is 19.5. The van der Waals surface area contributed by atoms with Crippen molar-refractivity contribution < 1.29 is 26.8 Å². The summed E-state index contributed by atoms with van der Waals surface area (Å²) < 4.78 is 0.949. The predicted octanol–water partition coefficient (Wildman–Crippen LogP) is 2.21. The highest BCUT2D eigenvalue weighted by molar-refractivity contribution is 5.75. The Morgan fingerprint density at radius 1 is 0.931 bits per heavy atom. The molecule has 0 fully saturated rings. The standard InChI is InChI=1S/C24H48N2O2.ClH/c1-5-6-7-14-18-23(27)19-15-12-10-8-9-11-13-16-20-24(28)25-21-17-22-26(2,3)4;/h12,15,23,27H,5-11,13-14,16-22H2,1-4H3;1H/b15-12-;/t23-;/m1./s1. The second-order valence-electron chi connectivity index (χ2n) is 9.23. The maximum atomic E-state index is 11.8. The fourth-order valence-corrected chi connectivity index (χ4v) is 3.24. The summed E-state index contributed by atoms with van der Waals surface area (Å²) in [6.45, 7) is 4.10. The number of halogens is 1. The summed E-state index contributed by atoms with van der Waals surface area (Å²) in [5, 5.41) is 12.9. The lowest BCUT2D eigenvalue weighted by atomic mass is 10.1. The third-order valence-electron chi connectivity index (χ3n) is 5.07. The van der Waals surface area contributed by atoms with Crippen LogP contribution in [0.25, 0.3) is 0 Å². The molecule has 0 aliphatic heterocycles. The van der Waals surface area contributed by atoms with Gasteiger partial charge in [-0.05, 0) is 32.1 Å². The van der Waals surface area contributed by atoms with E-state index >= 15 is 0 Å². The van der Waals surface area contributed by atoms with Gasteiger partial charge in [0.25, 0.3) is 0 Å². The zero-order valence-electron chi connectivity index (χ0n) is 19.7. The van der Waals surface area contributed by atoms with Crippen molar-refractivity contribution in [2.45, 2.75) is 103 Å². The molecule has 0 aromatic rings. The first kappa shape index (κ1) is 30.6. The van der Waals surface area contributed by atoms with E-state index in [0.29, 0.717) is 6.42 Å². The number of unbranched alkanes of at least 4 members (excludes halogenated alkanes) is 8. The Balaban J connectivity index is 0. The zero-order valence-corrected chi connectivity index (χ0v) is 20.5. The van der Waals surface area contributed by atoms with Gasteiger partial charge in [-0.25, -0.2) is 0 Å². The van der Waals surface area contributed by atoms with Crippen molar-refractivity contribution in [3.8, 4) is 0 Å².